The van der Waals surface area contributed by atoms with E-state index in [0.29, 0.717) is 19.1 Å². The minimum Gasteiger partial charge on any atom is -0.355 e. The molecule has 1 aliphatic rings. The third-order valence-electron chi connectivity index (χ3n) is 4.94. The Hall–Kier alpha value is -1.76. The molecule has 0 fully saturated rings. The number of hydrogen-bond donors (Lipinski definition) is 1. The first-order valence-corrected chi connectivity index (χ1v) is 10.9. The zero-order valence-corrected chi connectivity index (χ0v) is 16.5. The van der Waals surface area contributed by atoms with Gasteiger partial charge in [-0.1, -0.05) is 19.1 Å². The Labute approximate surface area is 161 Å². The van der Waals surface area contributed by atoms with Crippen molar-refractivity contribution in [2.75, 3.05) is 19.6 Å². The highest BCUT2D eigenvalue weighted by Gasteiger charge is 2.28. The fourth-order valence-electron chi connectivity index (χ4n) is 3.69. The van der Waals surface area contributed by atoms with Gasteiger partial charge >= 0.3 is 0 Å². The average molecular weight is 386 g/mol. The molecule has 1 N–H and O–H groups in total. The van der Waals surface area contributed by atoms with Gasteiger partial charge in [0, 0.05) is 30.4 Å². The summed E-state index contributed by atoms with van der Waals surface area (Å²) in [4.78, 5) is 20.9. The van der Waals surface area contributed by atoms with Crippen LogP contribution in [0.3, 0.4) is 0 Å². The fourth-order valence-corrected chi connectivity index (χ4v) is 5.59. The van der Waals surface area contributed by atoms with E-state index >= 15 is 0 Å². The summed E-state index contributed by atoms with van der Waals surface area (Å²) in [7, 11) is 0. The number of fused-ring (bicyclic) bond motifs is 2. The first-order chi connectivity index (χ1) is 12.7. The molecule has 3 aromatic rings. The minimum atomic E-state index is 0.114. The first kappa shape index (κ1) is 17.6. The Morgan fingerprint density at radius 3 is 3.08 bits per heavy atom. The smallest absolute Gasteiger partial charge is 0.234 e. The number of hydrogen-bond acceptors (Lipinski definition) is 5. The Morgan fingerprint density at radius 1 is 1.35 bits per heavy atom. The number of amides is 1. The second-order valence-corrected chi connectivity index (χ2v) is 8.73. The van der Waals surface area contributed by atoms with E-state index in [-0.39, 0.29) is 5.91 Å². The number of aromatic nitrogens is 1. The van der Waals surface area contributed by atoms with Crippen molar-refractivity contribution < 1.29 is 4.79 Å². The summed E-state index contributed by atoms with van der Waals surface area (Å²) in [5, 5.41) is 6.33. The van der Waals surface area contributed by atoms with Crippen LogP contribution in [-0.2, 0) is 17.6 Å². The zero-order chi connectivity index (χ0) is 17.9. The molecule has 0 saturated heterocycles. The molecule has 0 aliphatic carbocycles. The maximum Gasteiger partial charge on any atom is 0.234 e. The van der Waals surface area contributed by atoms with Crippen molar-refractivity contribution >= 4 is 38.8 Å². The zero-order valence-electron chi connectivity index (χ0n) is 14.9. The molecule has 1 atom stereocenters. The summed E-state index contributed by atoms with van der Waals surface area (Å²) in [5.74, 6) is 0.114. The quantitative estimate of drug-likeness (QED) is 0.697. The van der Waals surface area contributed by atoms with Gasteiger partial charge in [-0.25, -0.2) is 4.98 Å². The van der Waals surface area contributed by atoms with Gasteiger partial charge < -0.3 is 5.32 Å². The van der Waals surface area contributed by atoms with E-state index in [4.69, 9.17) is 0 Å². The van der Waals surface area contributed by atoms with Gasteiger partial charge in [0.2, 0.25) is 5.91 Å². The number of nitrogens with one attached hydrogen (secondary N) is 1. The second-order valence-electron chi connectivity index (χ2n) is 6.62. The largest absolute Gasteiger partial charge is 0.355 e. The molecule has 6 heteroatoms. The van der Waals surface area contributed by atoms with E-state index in [0.717, 1.165) is 36.3 Å². The normalized spacial score (nSPS) is 17.3. The fraction of sp³-hybridized carbons (Fsp3) is 0.400. The number of thiazole rings is 1. The predicted molar refractivity (Wildman–Crippen MR) is 109 cm³/mol. The molecular formula is C20H23N3OS2. The number of para-hydroxylation sites is 1. The summed E-state index contributed by atoms with van der Waals surface area (Å²) in [5.41, 5.74) is 2.47. The Kier molecular flexibility index (Phi) is 5.33. The Morgan fingerprint density at radius 2 is 2.23 bits per heavy atom. The third-order valence-corrected chi connectivity index (χ3v) is 7.03. The molecule has 1 aromatic carbocycles. The van der Waals surface area contributed by atoms with Crippen LogP contribution in [0.5, 0.6) is 0 Å². The average Bonchev–Trinajstić information content (AvgIpc) is 3.27. The lowest BCUT2D eigenvalue weighted by molar-refractivity contribution is -0.122. The second kappa shape index (κ2) is 7.86. The van der Waals surface area contributed by atoms with Crippen molar-refractivity contribution in [3.63, 3.8) is 0 Å². The molecular weight excluding hydrogens is 362 g/mol. The van der Waals surface area contributed by atoms with Gasteiger partial charge in [-0.2, -0.15) is 0 Å². The Bertz CT molecular complexity index is 868. The van der Waals surface area contributed by atoms with Crippen LogP contribution in [-0.4, -0.2) is 35.4 Å². The SMILES string of the molecule is CCC1c2ccsc2CCN1CC(=O)NCCc1nc2ccccc2s1. The van der Waals surface area contributed by atoms with Crippen LogP contribution in [0.25, 0.3) is 10.2 Å². The highest BCUT2D eigenvalue weighted by atomic mass is 32.1. The van der Waals surface area contributed by atoms with Crippen LogP contribution in [0.2, 0.25) is 0 Å². The van der Waals surface area contributed by atoms with Gasteiger partial charge in [-0.3, -0.25) is 9.69 Å². The van der Waals surface area contributed by atoms with E-state index in [2.05, 4.69) is 39.6 Å². The summed E-state index contributed by atoms with van der Waals surface area (Å²) >= 11 is 3.56. The minimum absolute atomic E-state index is 0.114. The molecule has 0 bridgehead atoms. The molecule has 4 nitrogen and oxygen atoms in total. The van der Waals surface area contributed by atoms with E-state index in [1.807, 2.05) is 29.5 Å². The summed E-state index contributed by atoms with van der Waals surface area (Å²) in [6, 6.07) is 10.8. The number of carbonyl (C=O) groups is 1. The molecule has 1 unspecified atom stereocenters. The van der Waals surface area contributed by atoms with Gasteiger partial charge in [0.1, 0.15) is 0 Å². The molecule has 26 heavy (non-hydrogen) atoms. The van der Waals surface area contributed by atoms with Crippen LogP contribution in [0.4, 0.5) is 0 Å². The van der Waals surface area contributed by atoms with Crippen molar-refractivity contribution in [2.24, 2.45) is 0 Å². The van der Waals surface area contributed by atoms with Gasteiger partial charge in [-0.05, 0) is 42.0 Å². The lowest BCUT2D eigenvalue weighted by Crippen LogP contribution is -2.42. The van der Waals surface area contributed by atoms with Crippen LogP contribution >= 0.6 is 22.7 Å². The number of thiophene rings is 1. The number of carbonyl (C=O) groups excluding carboxylic acids is 1. The van der Waals surface area contributed by atoms with Gasteiger partial charge in [-0.15, -0.1) is 22.7 Å². The molecule has 3 heterocycles. The van der Waals surface area contributed by atoms with E-state index in [1.165, 1.54) is 15.1 Å². The topological polar surface area (TPSA) is 45.2 Å². The van der Waals surface area contributed by atoms with Crippen molar-refractivity contribution in [1.29, 1.82) is 0 Å². The number of rotatable bonds is 6. The number of benzene rings is 1. The van der Waals surface area contributed by atoms with E-state index in [9.17, 15) is 4.79 Å². The van der Waals surface area contributed by atoms with Crippen LogP contribution in [0.15, 0.2) is 35.7 Å². The lowest BCUT2D eigenvalue weighted by Gasteiger charge is -2.34. The van der Waals surface area contributed by atoms with Crippen molar-refractivity contribution in [3.8, 4) is 0 Å². The molecule has 0 saturated carbocycles. The Balaban J connectivity index is 1.30. The van der Waals surface area contributed by atoms with Crippen LogP contribution in [0.1, 0.15) is 34.8 Å². The van der Waals surface area contributed by atoms with Crippen molar-refractivity contribution in [2.45, 2.75) is 32.2 Å². The van der Waals surface area contributed by atoms with Crippen molar-refractivity contribution in [1.82, 2.24) is 15.2 Å². The molecule has 0 spiro atoms. The van der Waals surface area contributed by atoms with Crippen LogP contribution < -0.4 is 5.32 Å². The maximum absolute atomic E-state index is 12.4. The summed E-state index contributed by atoms with van der Waals surface area (Å²) < 4.78 is 1.21. The third kappa shape index (κ3) is 3.68. The van der Waals surface area contributed by atoms with E-state index in [1.54, 1.807) is 11.3 Å². The first-order valence-electron chi connectivity index (χ1n) is 9.16. The van der Waals surface area contributed by atoms with Crippen molar-refractivity contribution in [3.05, 3.63) is 51.2 Å². The van der Waals surface area contributed by atoms with Gasteiger partial charge in [0.25, 0.3) is 0 Å². The highest BCUT2D eigenvalue weighted by molar-refractivity contribution is 7.18. The number of nitrogens with zero attached hydrogens (tertiary/aromatic N) is 2. The molecule has 1 amide bonds. The molecule has 136 valence electrons. The standard InChI is InChI=1S/C20H23N3OS2/c1-2-16-14-9-12-25-17(14)8-11-23(16)13-19(24)21-10-7-20-22-15-5-3-4-6-18(15)26-20/h3-6,9,12,16H,2,7-8,10-11,13H2,1H3,(H,21,24). The molecule has 4 rings (SSSR count). The van der Waals surface area contributed by atoms with E-state index < -0.39 is 0 Å². The highest BCUT2D eigenvalue weighted by Crippen LogP contribution is 2.34. The molecule has 1 aliphatic heterocycles. The molecule has 2 aromatic heterocycles. The van der Waals surface area contributed by atoms with Gasteiger partial charge in [0.05, 0.1) is 21.8 Å². The predicted octanol–water partition coefficient (Wildman–Crippen LogP) is 4.03. The van der Waals surface area contributed by atoms with Crippen LogP contribution in [0, 0.1) is 0 Å². The summed E-state index contributed by atoms with van der Waals surface area (Å²) in [6.07, 6.45) is 2.89. The monoisotopic (exact) mass is 385 g/mol. The molecule has 0 radical (unpaired) electrons. The lowest BCUT2D eigenvalue weighted by atomic mass is 9.98. The maximum atomic E-state index is 12.4. The summed E-state index contributed by atoms with van der Waals surface area (Å²) in [6.45, 7) is 4.30. The van der Waals surface area contributed by atoms with Gasteiger partial charge in [0.15, 0.2) is 0 Å².